The number of carbonyl (C=O) groups excluding carboxylic acids is 3. The molecular weight excluding hydrogens is 510 g/mol. The Balaban J connectivity index is 1.58. The molecule has 206 valence electrons. The van der Waals surface area contributed by atoms with E-state index in [1.165, 1.54) is 0 Å². The molecule has 0 bridgehead atoms. The van der Waals surface area contributed by atoms with Crippen LogP contribution in [-0.4, -0.2) is 68.5 Å². The summed E-state index contributed by atoms with van der Waals surface area (Å²) in [5.41, 5.74) is 14.6. The number of nitrogens with two attached hydrogens (primary N) is 2. The third-order valence-electron chi connectivity index (χ3n) is 7.99. The minimum Gasteiger partial charge on any atom is -0.366 e. The van der Waals surface area contributed by atoms with Crippen LogP contribution in [0.5, 0.6) is 0 Å². The lowest BCUT2D eigenvalue weighted by Gasteiger charge is -2.36. The smallest absolute Gasteiger partial charge is 0.300 e. The standard InChI is InChI=1S/C28H31N9O3/c1-16(32-15-24(38)37-11-3-4-23(37)31-2)14-28(27-33-35-36-34-27)21-9-7-19(25(29)39)12-17(21)5-6-18-13-20(26(30)40)8-10-22(18)28/h7-10,12-13,16,23,32H,3-6,11,14-15H2,1H3,(H2,29,39)(H2,30,40)(H,33,34,35,36)/t16-,23-/m0/s1. The lowest BCUT2D eigenvalue weighted by atomic mass is 9.67. The average molecular weight is 542 g/mol. The SMILES string of the molecule is [C-]#[N+][C@@H]1CCCN1C(=O)CN[C@@H](C)CC1(c2nn[nH]n2)c2ccc(C(N)=O)cc2CCc2cc(C(N)=O)ccc21. The Labute approximate surface area is 231 Å². The number of aromatic nitrogens is 4. The molecule has 0 radical (unpaired) electrons. The second-order valence-electron chi connectivity index (χ2n) is 10.4. The van der Waals surface area contributed by atoms with Gasteiger partial charge in [-0.25, -0.2) is 6.57 Å². The van der Waals surface area contributed by atoms with E-state index in [0.29, 0.717) is 49.2 Å². The topological polar surface area (TPSA) is 177 Å². The summed E-state index contributed by atoms with van der Waals surface area (Å²) in [7, 11) is 0. The van der Waals surface area contributed by atoms with Gasteiger partial charge in [-0.15, -0.1) is 10.2 Å². The highest BCUT2D eigenvalue weighted by atomic mass is 16.2. The molecule has 2 aliphatic rings. The first-order valence-electron chi connectivity index (χ1n) is 13.2. The van der Waals surface area contributed by atoms with Crippen LogP contribution in [0.2, 0.25) is 0 Å². The number of benzene rings is 2. The number of rotatable bonds is 8. The van der Waals surface area contributed by atoms with Crippen molar-refractivity contribution in [1.29, 1.82) is 0 Å². The van der Waals surface area contributed by atoms with Crippen LogP contribution in [0.25, 0.3) is 4.85 Å². The quantitative estimate of drug-likeness (QED) is 0.308. The van der Waals surface area contributed by atoms with E-state index in [1.807, 2.05) is 19.1 Å². The number of primary amides is 2. The number of aryl methyl sites for hydroxylation is 2. The van der Waals surface area contributed by atoms with Gasteiger partial charge in [0.2, 0.25) is 17.7 Å². The first kappa shape index (κ1) is 27.0. The summed E-state index contributed by atoms with van der Waals surface area (Å²) >= 11 is 0. The Morgan fingerprint density at radius 2 is 1.75 bits per heavy atom. The van der Waals surface area contributed by atoms with Gasteiger partial charge in [-0.3, -0.25) is 24.1 Å². The number of amides is 3. The average Bonchev–Trinajstić information content (AvgIpc) is 3.64. The van der Waals surface area contributed by atoms with Gasteiger partial charge in [0.1, 0.15) is 0 Å². The number of hydrogen-bond donors (Lipinski definition) is 4. The minimum atomic E-state index is -0.942. The summed E-state index contributed by atoms with van der Waals surface area (Å²) in [6.07, 6.45) is 2.70. The van der Waals surface area contributed by atoms with Crippen LogP contribution in [0.3, 0.4) is 0 Å². The highest BCUT2D eigenvalue weighted by Gasteiger charge is 2.46. The molecule has 0 spiro atoms. The Kier molecular flexibility index (Phi) is 7.32. The molecule has 1 saturated heterocycles. The van der Waals surface area contributed by atoms with Gasteiger partial charge in [0.15, 0.2) is 5.82 Å². The van der Waals surface area contributed by atoms with Gasteiger partial charge < -0.3 is 16.8 Å². The highest BCUT2D eigenvalue weighted by Crippen LogP contribution is 2.46. The van der Waals surface area contributed by atoms with E-state index in [4.69, 9.17) is 18.0 Å². The molecule has 2 atom stereocenters. The molecule has 12 heteroatoms. The molecule has 1 aliphatic carbocycles. The molecular formula is C28H31N9O3. The van der Waals surface area contributed by atoms with Crippen LogP contribution in [-0.2, 0) is 23.1 Å². The summed E-state index contributed by atoms with van der Waals surface area (Å²) in [6.45, 7) is 10.0. The number of carbonyl (C=O) groups is 3. The van der Waals surface area contributed by atoms with E-state index in [1.54, 1.807) is 29.2 Å². The summed E-state index contributed by atoms with van der Waals surface area (Å²) in [5, 5.41) is 18.7. The Hall–Kier alpha value is -4.63. The number of likely N-dealkylation sites (tertiary alicyclic amines) is 1. The van der Waals surface area contributed by atoms with Crippen LogP contribution in [0.15, 0.2) is 36.4 Å². The number of H-pyrrole nitrogens is 1. The number of fused-ring (bicyclic) bond motifs is 2. The van der Waals surface area contributed by atoms with Crippen LogP contribution >= 0.6 is 0 Å². The van der Waals surface area contributed by atoms with E-state index in [-0.39, 0.29) is 18.5 Å². The number of hydrogen-bond acceptors (Lipinski definition) is 7. The summed E-state index contributed by atoms with van der Waals surface area (Å²) in [5.74, 6) is -0.751. The molecule has 2 aromatic carbocycles. The molecule has 1 aromatic heterocycles. The monoisotopic (exact) mass is 541 g/mol. The predicted molar refractivity (Wildman–Crippen MR) is 145 cm³/mol. The molecule has 6 N–H and O–H groups in total. The van der Waals surface area contributed by atoms with E-state index < -0.39 is 23.4 Å². The normalized spacial score (nSPS) is 18.2. The number of tetrazole rings is 1. The molecule has 5 rings (SSSR count). The molecule has 3 amide bonds. The maximum Gasteiger partial charge on any atom is 0.300 e. The van der Waals surface area contributed by atoms with Gasteiger partial charge in [0.25, 0.3) is 0 Å². The Morgan fingerprint density at radius 1 is 1.12 bits per heavy atom. The Bertz CT molecular complexity index is 1430. The molecule has 40 heavy (non-hydrogen) atoms. The first-order valence-corrected chi connectivity index (χ1v) is 13.2. The van der Waals surface area contributed by atoms with E-state index in [2.05, 4.69) is 30.8 Å². The summed E-state index contributed by atoms with van der Waals surface area (Å²) < 4.78 is 0. The van der Waals surface area contributed by atoms with Gasteiger partial charge >= 0.3 is 6.17 Å². The second kappa shape index (κ2) is 10.9. The molecule has 1 aliphatic heterocycles. The second-order valence-corrected chi connectivity index (χ2v) is 10.4. The van der Waals surface area contributed by atoms with Crippen molar-refractivity contribution in [1.82, 2.24) is 30.8 Å². The zero-order chi connectivity index (χ0) is 28.4. The molecule has 3 aromatic rings. The van der Waals surface area contributed by atoms with Crippen molar-refractivity contribution in [2.75, 3.05) is 13.1 Å². The number of aromatic amines is 1. The maximum atomic E-state index is 13.0. The van der Waals surface area contributed by atoms with Gasteiger partial charge in [-0.2, -0.15) is 5.21 Å². The highest BCUT2D eigenvalue weighted by molar-refractivity contribution is 5.94. The van der Waals surface area contributed by atoms with Gasteiger partial charge in [-0.1, -0.05) is 17.3 Å². The third kappa shape index (κ3) is 4.80. The van der Waals surface area contributed by atoms with Gasteiger partial charge in [-0.05, 0) is 79.1 Å². The van der Waals surface area contributed by atoms with Gasteiger partial charge in [0.05, 0.1) is 12.0 Å². The molecule has 0 unspecified atom stereocenters. The fraction of sp³-hybridized carbons (Fsp3) is 0.393. The van der Waals surface area contributed by atoms with Crippen molar-refractivity contribution < 1.29 is 14.4 Å². The Morgan fingerprint density at radius 3 is 2.27 bits per heavy atom. The third-order valence-corrected chi connectivity index (χ3v) is 7.99. The zero-order valence-electron chi connectivity index (χ0n) is 22.2. The fourth-order valence-corrected chi connectivity index (χ4v) is 6.12. The van der Waals surface area contributed by atoms with E-state index >= 15 is 0 Å². The van der Waals surface area contributed by atoms with Crippen LogP contribution in [0.1, 0.15) is 75.0 Å². The minimum absolute atomic E-state index is 0.0798. The molecule has 0 saturated carbocycles. The largest absolute Gasteiger partial charge is 0.366 e. The number of nitrogens with zero attached hydrogens (tertiary/aromatic N) is 5. The van der Waals surface area contributed by atoms with E-state index in [0.717, 1.165) is 28.7 Å². The van der Waals surface area contributed by atoms with Crippen molar-refractivity contribution in [3.8, 4) is 0 Å². The van der Waals surface area contributed by atoms with Crippen molar-refractivity contribution in [2.45, 2.75) is 56.7 Å². The van der Waals surface area contributed by atoms with Crippen LogP contribution in [0, 0.1) is 6.57 Å². The summed E-state index contributed by atoms with van der Waals surface area (Å²) in [6, 6.07) is 10.5. The van der Waals surface area contributed by atoms with Crippen LogP contribution in [0.4, 0.5) is 0 Å². The maximum absolute atomic E-state index is 13.0. The van der Waals surface area contributed by atoms with Crippen molar-refractivity contribution in [2.24, 2.45) is 11.5 Å². The fourth-order valence-electron chi connectivity index (χ4n) is 6.12. The lowest BCUT2D eigenvalue weighted by molar-refractivity contribution is -0.130. The zero-order valence-corrected chi connectivity index (χ0v) is 22.2. The van der Waals surface area contributed by atoms with Crippen molar-refractivity contribution >= 4 is 17.7 Å². The lowest BCUT2D eigenvalue weighted by Crippen LogP contribution is -2.45. The number of nitrogens with one attached hydrogen (secondary N) is 2. The van der Waals surface area contributed by atoms with Crippen molar-refractivity contribution in [3.05, 3.63) is 87.0 Å². The van der Waals surface area contributed by atoms with Gasteiger partial charge in [0, 0.05) is 30.1 Å². The first-order chi connectivity index (χ1) is 19.2. The van der Waals surface area contributed by atoms with E-state index in [9.17, 15) is 14.4 Å². The molecule has 1 fully saturated rings. The molecule has 12 nitrogen and oxygen atoms in total. The van der Waals surface area contributed by atoms with Crippen molar-refractivity contribution in [3.63, 3.8) is 0 Å². The van der Waals surface area contributed by atoms with Crippen LogP contribution < -0.4 is 16.8 Å². The predicted octanol–water partition coefficient (Wildman–Crippen LogP) is 1.07. The summed E-state index contributed by atoms with van der Waals surface area (Å²) in [4.78, 5) is 42.3. The molecule has 2 heterocycles.